The predicted molar refractivity (Wildman–Crippen MR) is 83.6 cm³/mol. The SMILES string of the molecule is CC1CC(C)SC(=NCCCCN(C)C(C)C)N1. The van der Waals surface area contributed by atoms with Crippen molar-refractivity contribution in [3.05, 3.63) is 0 Å². The zero-order valence-corrected chi connectivity index (χ0v) is 13.4. The van der Waals surface area contributed by atoms with Crippen molar-refractivity contribution in [3.8, 4) is 0 Å². The molecule has 1 N–H and O–H groups in total. The van der Waals surface area contributed by atoms with Crippen LogP contribution in [-0.2, 0) is 0 Å². The van der Waals surface area contributed by atoms with E-state index in [1.807, 2.05) is 11.8 Å². The third kappa shape index (κ3) is 6.10. The first kappa shape index (κ1) is 15.8. The molecule has 1 aliphatic heterocycles. The Hall–Kier alpha value is -0.220. The lowest BCUT2D eigenvalue weighted by Gasteiger charge is -2.26. The van der Waals surface area contributed by atoms with Crippen LogP contribution in [0.3, 0.4) is 0 Å². The summed E-state index contributed by atoms with van der Waals surface area (Å²) in [6, 6.07) is 1.22. The second-order valence-corrected chi connectivity index (χ2v) is 7.11. The number of thioether (sulfide) groups is 1. The molecule has 4 heteroatoms. The molecule has 2 unspecified atom stereocenters. The number of nitrogens with zero attached hydrogens (tertiary/aromatic N) is 2. The van der Waals surface area contributed by atoms with Crippen molar-refractivity contribution < 1.29 is 0 Å². The minimum absolute atomic E-state index is 0.576. The van der Waals surface area contributed by atoms with Crippen LogP contribution in [0.1, 0.15) is 47.0 Å². The molecule has 18 heavy (non-hydrogen) atoms. The average Bonchev–Trinajstić information content (AvgIpc) is 2.26. The second-order valence-electron chi connectivity index (χ2n) is 5.68. The normalized spacial score (nSPS) is 26.9. The van der Waals surface area contributed by atoms with Crippen molar-refractivity contribution in [2.45, 2.75) is 64.3 Å². The smallest absolute Gasteiger partial charge is 0.157 e. The molecule has 1 heterocycles. The molecular weight excluding hydrogens is 242 g/mol. The van der Waals surface area contributed by atoms with E-state index in [0.717, 1.165) is 11.7 Å². The van der Waals surface area contributed by atoms with Gasteiger partial charge < -0.3 is 10.2 Å². The highest BCUT2D eigenvalue weighted by Gasteiger charge is 2.19. The maximum absolute atomic E-state index is 4.68. The molecule has 0 aliphatic carbocycles. The molecule has 2 atom stereocenters. The lowest BCUT2D eigenvalue weighted by atomic mass is 10.2. The first-order chi connectivity index (χ1) is 8.49. The summed E-state index contributed by atoms with van der Waals surface area (Å²) in [5.41, 5.74) is 0. The first-order valence-corrected chi connectivity index (χ1v) is 8.05. The van der Waals surface area contributed by atoms with Crippen LogP contribution >= 0.6 is 11.8 Å². The lowest BCUT2D eigenvalue weighted by Crippen LogP contribution is -2.38. The van der Waals surface area contributed by atoms with Crippen molar-refractivity contribution in [2.75, 3.05) is 20.1 Å². The Morgan fingerprint density at radius 3 is 2.72 bits per heavy atom. The Balaban J connectivity index is 2.16. The molecule has 0 amide bonds. The summed E-state index contributed by atoms with van der Waals surface area (Å²) < 4.78 is 0. The summed E-state index contributed by atoms with van der Waals surface area (Å²) >= 11 is 1.89. The molecule has 0 bridgehead atoms. The fourth-order valence-corrected chi connectivity index (χ4v) is 3.24. The minimum atomic E-state index is 0.576. The minimum Gasteiger partial charge on any atom is -0.362 e. The monoisotopic (exact) mass is 271 g/mol. The predicted octanol–water partition coefficient (Wildman–Crippen LogP) is 2.97. The topological polar surface area (TPSA) is 27.6 Å². The van der Waals surface area contributed by atoms with Crippen LogP contribution in [0.25, 0.3) is 0 Å². The quantitative estimate of drug-likeness (QED) is 0.753. The molecule has 0 radical (unpaired) electrons. The van der Waals surface area contributed by atoms with Gasteiger partial charge in [-0.2, -0.15) is 0 Å². The number of amidine groups is 1. The Morgan fingerprint density at radius 1 is 1.39 bits per heavy atom. The highest BCUT2D eigenvalue weighted by molar-refractivity contribution is 8.14. The molecule has 1 aliphatic rings. The van der Waals surface area contributed by atoms with Gasteiger partial charge in [0.2, 0.25) is 0 Å². The van der Waals surface area contributed by atoms with Gasteiger partial charge >= 0.3 is 0 Å². The molecular formula is C14H29N3S. The van der Waals surface area contributed by atoms with E-state index in [1.165, 1.54) is 25.8 Å². The highest BCUT2D eigenvalue weighted by Crippen LogP contribution is 2.22. The van der Waals surface area contributed by atoms with Gasteiger partial charge in [0, 0.05) is 23.9 Å². The van der Waals surface area contributed by atoms with E-state index in [2.05, 4.69) is 50.0 Å². The molecule has 1 saturated heterocycles. The summed E-state index contributed by atoms with van der Waals surface area (Å²) in [5.74, 6) is 0. The third-order valence-electron chi connectivity index (χ3n) is 3.42. The van der Waals surface area contributed by atoms with Crippen molar-refractivity contribution in [3.63, 3.8) is 0 Å². The standard InChI is InChI=1S/C14H29N3S/c1-11(2)17(5)9-7-6-8-15-14-16-12(3)10-13(4)18-14/h11-13H,6-10H2,1-5H3,(H,15,16). The zero-order valence-electron chi connectivity index (χ0n) is 12.6. The lowest BCUT2D eigenvalue weighted by molar-refractivity contribution is 0.269. The molecule has 1 fully saturated rings. The summed E-state index contributed by atoms with van der Waals surface area (Å²) in [6.07, 6.45) is 3.66. The van der Waals surface area contributed by atoms with Gasteiger partial charge in [0.25, 0.3) is 0 Å². The summed E-state index contributed by atoms with van der Waals surface area (Å²) in [7, 11) is 2.19. The fraction of sp³-hybridized carbons (Fsp3) is 0.929. The maximum atomic E-state index is 4.68. The molecule has 0 spiro atoms. The molecule has 0 aromatic rings. The van der Waals surface area contributed by atoms with Gasteiger partial charge in [-0.05, 0) is 53.6 Å². The fourth-order valence-electron chi connectivity index (χ4n) is 2.04. The molecule has 0 saturated carbocycles. The molecule has 0 aromatic heterocycles. The van der Waals surface area contributed by atoms with E-state index < -0.39 is 0 Å². The van der Waals surface area contributed by atoms with Gasteiger partial charge in [0.1, 0.15) is 0 Å². The Kier molecular flexibility index (Phi) is 7.08. The van der Waals surface area contributed by atoms with Crippen molar-refractivity contribution >= 4 is 16.9 Å². The van der Waals surface area contributed by atoms with E-state index in [4.69, 9.17) is 0 Å². The first-order valence-electron chi connectivity index (χ1n) is 7.17. The largest absolute Gasteiger partial charge is 0.362 e. The van der Waals surface area contributed by atoms with E-state index in [0.29, 0.717) is 17.3 Å². The zero-order chi connectivity index (χ0) is 13.5. The van der Waals surface area contributed by atoms with Crippen LogP contribution in [0.5, 0.6) is 0 Å². The van der Waals surface area contributed by atoms with Crippen molar-refractivity contribution in [1.82, 2.24) is 10.2 Å². The number of rotatable bonds is 6. The number of unbranched alkanes of at least 4 members (excludes halogenated alkanes) is 1. The highest BCUT2D eigenvalue weighted by atomic mass is 32.2. The van der Waals surface area contributed by atoms with Gasteiger partial charge in [0.05, 0.1) is 0 Å². The van der Waals surface area contributed by atoms with E-state index in [9.17, 15) is 0 Å². The van der Waals surface area contributed by atoms with Crippen molar-refractivity contribution in [1.29, 1.82) is 0 Å². The number of hydrogen-bond donors (Lipinski definition) is 1. The van der Waals surface area contributed by atoms with Gasteiger partial charge in [-0.15, -0.1) is 0 Å². The van der Waals surface area contributed by atoms with Crippen LogP contribution in [0.15, 0.2) is 4.99 Å². The number of hydrogen-bond acceptors (Lipinski definition) is 3. The van der Waals surface area contributed by atoms with E-state index in [-0.39, 0.29) is 0 Å². The van der Waals surface area contributed by atoms with E-state index >= 15 is 0 Å². The van der Waals surface area contributed by atoms with Crippen LogP contribution in [0, 0.1) is 0 Å². The maximum Gasteiger partial charge on any atom is 0.157 e. The Morgan fingerprint density at radius 2 is 2.11 bits per heavy atom. The van der Waals surface area contributed by atoms with Crippen LogP contribution in [0.4, 0.5) is 0 Å². The van der Waals surface area contributed by atoms with Crippen LogP contribution in [0.2, 0.25) is 0 Å². The number of nitrogens with one attached hydrogen (secondary N) is 1. The summed E-state index contributed by atoms with van der Waals surface area (Å²) in [6.45, 7) is 11.1. The van der Waals surface area contributed by atoms with Gasteiger partial charge in [-0.1, -0.05) is 18.7 Å². The van der Waals surface area contributed by atoms with Gasteiger partial charge in [-0.3, -0.25) is 4.99 Å². The average molecular weight is 271 g/mol. The third-order valence-corrected chi connectivity index (χ3v) is 4.49. The molecule has 106 valence electrons. The molecule has 3 nitrogen and oxygen atoms in total. The van der Waals surface area contributed by atoms with Gasteiger partial charge in [-0.25, -0.2) is 0 Å². The van der Waals surface area contributed by atoms with E-state index in [1.54, 1.807) is 0 Å². The van der Waals surface area contributed by atoms with Crippen LogP contribution in [-0.4, -0.2) is 47.5 Å². The molecule has 1 rings (SSSR count). The van der Waals surface area contributed by atoms with Crippen molar-refractivity contribution in [2.24, 2.45) is 4.99 Å². The number of aliphatic imine (C=N–C) groups is 1. The van der Waals surface area contributed by atoms with Crippen LogP contribution < -0.4 is 5.32 Å². The summed E-state index contributed by atoms with van der Waals surface area (Å²) in [4.78, 5) is 7.07. The van der Waals surface area contributed by atoms with Gasteiger partial charge in [0.15, 0.2) is 5.17 Å². The second kappa shape index (κ2) is 8.05. The summed E-state index contributed by atoms with van der Waals surface area (Å²) in [5, 5.41) is 5.32. The Labute approximate surface area is 117 Å². The molecule has 0 aromatic carbocycles. The Bertz CT molecular complexity index is 254.